The van der Waals surface area contributed by atoms with E-state index < -0.39 is 0 Å². The highest BCUT2D eigenvalue weighted by molar-refractivity contribution is 5.77. The third-order valence-corrected chi connectivity index (χ3v) is 7.32. The Bertz CT molecular complexity index is 1170. The van der Waals surface area contributed by atoms with E-state index in [0.717, 1.165) is 55.7 Å². The molecule has 6 nitrogen and oxygen atoms in total. The van der Waals surface area contributed by atoms with Gasteiger partial charge < -0.3 is 14.1 Å². The minimum Gasteiger partial charge on any atom is -0.464 e. The number of aliphatic hydroxyl groups excluding tert-OH is 1. The minimum absolute atomic E-state index is 0.174. The molecule has 0 radical (unpaired) electrons. The highest BCUT2D eigenvalue weighted by Gasteiger charge is 2.35. The average molecular weight is 420 g/mol. The van der Waals surface area contributed by atoms with Crippen LogP contribution in [-0.4, -0.2) is 51.8 Å². The van der Waals surface area contributed by atoms with Crippen molar-refractivity contribution in [2.75, 3.05) is 26.2 Å². The first kappa shape index (κ1) is 19.3. The Kier molecular flexibility index (Phi) is 4.74. The molecule has 6 heteroatoms. The molecule has 6 rings (SSSR count). The first-order valence-corrected chi connectivity index (χ1v) is 11.4. The number of benzene rings is 1. The van der Waals surface area contributed by atoms with E-state index in [0.29, 0.717) is 24.9 Å². The Labute approximate surface area is 181 Å². The average Bonchev–Trinajstić information content (AvgIpc) is 3.38. The molecule has 2 bridgehead atoms. The van der Waals surface area contributed by atoms with Crippen LogP contribution in [0.4, 0.5) is 0 Å². The summed E-state index contributed by atoms with van der Waals surface area (Å²) in [6.07, 6.45) is 3.47. The summed E-state index contributed by atoms with van der Waals surface area (Å²) in [5.74, 6) is 0.936. The number of nitrogens with zero attached hydrogens (tertiary/aromatic N) is 3. The van der Waals surface area contributed by atoms with Gasteiger partial charge in [-0.15, -0.1) is 0 Å². The number of hydrogen-bond acceptors (Lipinski definition) is 5. The molecule has 1 aromatic carbocycles. The van der Waals surface area contributed by atoms with Gasteiger partial charge in [-0.05, 0) is 48.6 Å². The second kappa shape index (κ2) is 7.62. The van der Waals surface area contributed by atoms with E-state index >= 15 is 0 Å². The highest BCUT2D eigenvalue weighted by Crippen LogP contribution is 2.36. The molecule has 2 fully saturated rings. The largest absolute Gasteiger partial charge is 0.464 e. The molecule has 2 aromatic heterocycles. The van der Waals surface area contributed by atoms with Crippen molar-refractivity contribution in [3.63, 3.8) is 0 Å². The zero-order valence-electron chi connectivity index (χ0n) is 17.7. The second-order valence-electron chi connectivity index (χ2n) is 9.66. The standard InChI is InChI=1S/C25H29N3O3/c29-22-5-7-26(16-22)14-20-2-3-23-21-10-18(13-28(23)25(20)30)12-27(15-21)11-17-1-4-24-19(9-17)6-8-31-24/h1-4,6,8-9,18,21-22,29H,5,7,10-16H2/t18-,21+,22-/m0/s1. The van der Waals surface area contributed by atoms with E-state index in [1.54, 1.807) is 6.26 Å². The number of pyridine rings is 1. The van der Waals surface area contributed by atoms with Crippen LogP contribution in [0.15, 0.2) is 51.9 Å². The molecule has 0 saturated carbocycles. The first-order chi connectivity index (χ1) is 15.1. The number of rotatable bonds is 4. The van der Waals surface area contributed by atoms with E-state index in [9.17, 15) is 9.90 Å². The molecule has 0 unspecified atom stereocenters. The number of fused-ring (bicyclic) bond motifs is 5. The van der Waals surface area contributed by atoms with Gasteiger partial charge in [-0.3, -0.25) is 14.6 Å². The van der Waals surface area contributed by atoms with Crippen molar-refractivity contribution < 1.29 is 9.52 Å². The summed E-state index contributed by atoms with van der Waals surface area (Å²) in [5.41, 5.74) is 4.48. The van der Waals surface area contributed by atoms with Crippen LogP contribution >= 0.6 is 0 Å². The fourth-order valence-electron chi connectivity index (χ4n) is 5.91. The van der Waals surface area contributed by atoms with Gasteiger partial charge in [-0.2, -0.15) is 0 Å². The lowest BCUT2D eigenvalue weighted by atomic mass is 9.82. The van der Waals surface area contributed by atoms with E-state index in [2.05, 4.69) is 38.6 Å². The molecule has 3 aromatic rings. The molecular weight excluding hydrogens is 390 g/mol. The quantitative estimate of drug-likeness (QED) is 0.705. The first-order valence-electron chi connectivity index (χ1n) is 11.4. The maximum atomic E-state index is 13.2. The molecule has 5 heterocycles. The van der Waals surface area contributed by atoms with Crippen molar-refractivity contribution in [2.45, 2.75) is 44.5 Å². The van der Waals surface area contributed by atoms with Crippen LogP contribution in [0, 0.1) is 5.92 Å². The fraction of sp³-hybridized carbons (Fsp3) is 0.480. The molecule has 3 atom stereocenters. The number of aromatic nitrogens is 1. The predicted octanol–water partition coefficient (Wildman–Crippen LogP) is 2.78. The molecule has 1 N–H and O–H groups in total. The van der Waals surface area contributed by atoms with Crippen molar-refractivity contribution in [3.8, 4) is 0 Å². The summed E-state index contributed by atoms with van der Waals surface area (Å²) in [6.45, 7) is 5.98. The summed E-state index contributed by atoms with van der Waals surface area (Å²) >= 11 is 0. The number of hydrogen-bond donors (Lipinski definition) is 1. The van der Waals surface area contributed by atoms with Gasteiger partial charge in [0.2, 0.25) is 0 Å². The molecule has 31 heavy (non-hydrogen) atoms. The smallest absolute Gasteiger partial charge is 0.255 e. The van der Waals surface area contributed by atoms with Crippen molar-refractivity contribution >= 4 is 11.0 Å². The summed E-state index contributed by atoms with van der Waals surface area (Å²) < 4.78 is 7.52. The normalized spacial score (nSPS) is 26.4. The molecule has 0 spiro atoms. The van der Waals surface area contributed by atoms with Crippen LogP contribution in [-0.2, 0) is 19.6 Å². The van der Waals surface area contributed by atoms with Crippen molar-refractivity contribution in [2.24, 2.45) is 5.92 Å². The number of furan rings is 1. The van der Waals surface area contributed by atoms with Crippen LogP contribution in [0.25, 0.3) is 11.0 Å². The molecule has 2 saturated heterocycles. The predicted molar refractivity (Wildman–Crippen MR) is 119 cm³/mol. The lowest BCUT2D eigenvalue weighted by Crippen LogP contribution is -2.47. The Morgan fingerprint density at radius 2 is 1.94 bits per heavy atom. The van der Waals surface area contributed by atoms with E-state index in [1.807, 2.05) is 12.1 Å². The lowest BCUT2D eigenvalue weighted by molar-refractivity contribution is 0.114. The van der Waals surface area contributed by atoms with Crippen LogP contribution < -0.4 is 5.56 Å². The van der Waals surface area contributed by atoms with Gasteiger partial charge in [0.25, 0.3) is 5.56 Å². The van der Waals surface area contributed by atoms with Crippen molar-refractivity contribution in [1.82, 2.24) is 14.4 Å². The summed E-state index contributed by atoms with van der Waals surface area (Å²) in [5, 5.41) is 10.9. The Hall–Kier alpha value is -2.41. The zero-order chi connectivity index (χ0) is 20.9. The summed E-state index contributed by atoms with van der Waals surface area (Å²) in [4.78, 5) is 18.0. The number of aliphatic hydroxyl groups is 1. The maximum Gasteiger partial charge on any atom is 0.255 e. The van der Waals surface area contributed by atoms with Crippen LogP contribution in [0.2, 0.25) is 0 Å². The topological polar surface area (TPSA) is 61.9 Å². The van der Waals surface area contributed by atoms with Gasteiger partial charge >= 0.3 is 0 Å². The molecule has 3 aliphatic heterocycles. The van der Waals surface area contributed by atoms with Gasteiger partial charge in [-0.1, -0.05) is 12.1 Å². The summed E-state index contributed by atoms with van der Waals surface area (Å²) in [6, 6.07) is 12.7. The van der Waals surface area contributed by atoms with Gasteiger partial charge in [0.1, 0.15) is 5.58 Å². The Morgan fingerprint density at radius 1 is 1.00 bits per heavy atom. The maximum absolute atomic E-state index is 13.2. The third-order valence-electron chi connectivity index (χ3n) is 7.32. The summed E-state index contributed by atoms with van der Waals surface area (Å²) in [7, 11) is 0. The molecule has 3 aliphatic rings. The Balaban J connectivity index is 1.20. The minimum atomic E-state index is -0.250. The number of likely N-dealkylation sites (tertiary alicyclic amines) is 2. The number of β-amino-alcohol motifs (C(OH)–C–C–N with tert-alkyl or cyclic N) is 1. The van der Waals surface area contributed by atoms with Crippen LogP contribution in [0.5, 0.6) is 0 Å². The van der Waals surface area contributed by atoms with Gasteiger partial charge in [0.15, 0.2) is 0 Å². The van der Waals surface area contributed by atoms with Crippen LogP contribution in [0.3, 0.4) is 0 Å². The highest BCUT2D eigenvalue weighted by atomic mass is 16.3. The van der Waals surface area contributed by atoms with Gasteiger partial charge in [0.05, 0.1) is 12.4 Å². The van der Waals surface area contributed by atoms with E-state index in [-0.39, 0.29) is 11.7 Å². The SMILES string of the molecule is O=c1c(CN2CC[C@H](O)C2)ccc2n1C[C@H]1C[C@@H]2CN(Cc2ccc3occc3c2)C1. The van der Waals surface area contributed by atoms with Gasteiger partial charge in [0, 0.05) is 68.4 Å². The lowest BCUT2D eigenvalue weighted by Gasteiger charge is -2.43. The van der Waals surface area contributed by atoms with Gasteiger partial charge in [-0.25, -0.2) is 0 Å². The van der Waals surface area contributed by atoms with E-state index in [1.165, 1.54) is 17.7 Å². The second-order valence-corrected chi connectivity index (χ2v) is 9.66. The Morgan fingerprint density at radius 3 is 2.81 bits per heavy atom. The molecular formula is C25H29N3O3. The van der Waals surface area contributed by atoms with E-state index in [4.69, 9.17) is 4.42 Å². The fourth-order valence-corrected chi connectivity index (χ4v) is 5.91. The zero-order valence-corrected chi connectivity index (χ0v) is 17.7. The van der Waals surface area contributed by atoms with Crippen molar-refractivity contribution in [1.29, 1.82) is 0 Å². The van der Waals surface area contributed by atoms with Crippen molar-refractivity contribution in [3.05, 3.63) is 69.8 Å². The molecule has 0 amide bonds. The monoisotopic (exact) mass is 419 g/mol. The van der Waals surface area contributed by atoms with Crippen LogP contribution in [0.1, 0.15) is 35.6 Å². The molecule has 0 aliphatic carbocycles. The molecule has 162 valence electrons. The number of piperidine rings is 1. The third kappa shape index (κ3) is 3.63.